The Labute approximate surface area is 158 Å². The Morgan fingerprint density at radius 1 is 1.19 bits per heavy atom. The topological polar surface area (TPSA) is 38.3 Å². The Balaban J connectivity index is 1.65. The van der Waals surface area contributed by atoms with Crippen molar-refractivity contribution in [2.24, 2.45) is 0 Å². The highest BCUT2D eigenvalue weighted by molar-refractivity contribution is 7.12. The van der Waals surface area contributed by atoms with Gasteiger partial charge < -0.3 is 10.1 Å². The van der Waals surface area contributed by atoms with Gasteiger partial charge in [0.2, 0.25) is 0 Å². The lowest BCUT2D eigenvalue weighted by Gasteiger charge is -2.07. The van der Waals surface area contributed by atoms with Gasteiger partial charge in [0.25, 0.3) is 5.91 Å². The van der Waals surface area contributed by atoms with Crippen molar-refractivity contribution in [3.63, 3.8) is 0 Å². The lowest BCUT2D eigenvalue weighted by Crippen LogP contribution is -2.11. The zero-order valence-corrected chi connectivity index (χ0v) is 15.3. The lowest BCUT2D eigenvalue weighted by atomic mass is 10.2. The van der Waals surface area contributed by atoms with Gasteiger partial charge in [0.15, 0.2) is 11.6 Å². The molecule has 0 fully saturated rings. The highest BCUT2D eigenvalue weighted by atomic mass is 35.5. The molecule has 3 nitrogen and oxygen atoms in total. The van der Waals surface area contributed by atoms with Crippen LogP contribution >= 0.6 is 22.9 Å². The van der Waals surface area contributed by atoms with E-state index in [1.807, 2.05) is 13.0 Å². The van der Waals surface area contributed by atoms with Gasteiger partial charge >= 0.3 is 0 Å². The quantitative estimate of drug-likeness (QED) is 0.593. The molecule has 0 aliphatic carbocycles. The van der Waals surface area contributed by atoms with E-state index in [0.29, 0.717) is 21.2 Å². The number of hydrogen-bond acceptors (Lipinski definition) is 3. The van der Waals surface area contributed by atoms with E-state index in [9.17, 15) is 13.6 Å². The molecular weight excluding hydrogens is 380 g/mol. The van der Waals surface area contributed by atoms with Crippen LogP contribution in [0.3, 0.4) is 0 Å². The maximum absolute atomic E-state index is 13.6. The summed E-state index contributed by atoms with van der Waals surface area (Å²) in [4.78, 5) is 12.9. The highest BCUT2D eigenvalue weighted by Crippen LogP contribution is 2.24. The van der Waals surface area contributed by atoms with Crippen LogP contribution in [-0.4, -0.2) is 5.91 Å². The van der Waals surface area contributed by atoms with Crippen molar-refractivity contribution in [2.45, 2.75) is 13.5 Å². The molecule has 0 spiro atoms. The zero-order chi connectivity index (χ0) is 18.7. The summed E-state index contributed by atoms with van der Waals surface area (Å²) in [5.41, 5.74) is 2.25. The average molecular weight is 394 g/mol. The molecule has 134 valence electrons. The minimum absolute atomic E-state index is 0.0434. The van der Waals surface area contributed by atoms with Crippen molar-refractivity contribution >= 4 is 34.5 Å². The highest BCUT2D eigenvalue weighted by Gasteiger charge is 2.12. The van der Waals surface area contributed by atoms with Crippen LogP contribution in [0.2, 0.25) is 5.02 Å². The maximum atomic E-state index is 13.6. The van der Waals surface area contributed by atoms with Crippen molar-refractivity contribution in [2.75, 3.05) is 5.32 Å². The van der Waals surface area contributed by atoms with Crippen molar-refractivity contribution < 1.29 is 18.3 Å². The molecular formula is C19H14ClF2NO2S. The summed E-state index contributed by atoms with van der Waals surface area (Å²) in [6.07, 6.45) is 0. The molecule has 26 heavy (non-hydrogen) atoms. The van der Waals surface area contributed by atoms with Gasteiger partial charge in [-0.2, -0.15) is 0 Å². The molecule has 0 aliphatic rings. The molecule has 0 saturated carbocycles. The molecule has 0 unspecified atom stereocenters. The minimum atomic E-state index is -0.769. The molecule has 1 heterocycles. The van der Waals surface area contributed by atoms with Crippen LogP contribution in [0, 0.1) is 18.6 Å². The number of rotatable bonds is 5. The van der Waals surface area contributed by atoms with Crippen LogP contribution in [0.4, 0.5) is 14.5 Å². The Morgan fingerprint density at radius 2 is 2.00 bits per heavy atom. The number of anilines is 1. The molecule has 2 aromatic carbocycles. The van der Waals surface area contributed by atoms with Crippen LogP contribution < -0.4 is 10.1 Å². The first-order valence-corrected chi connectivity index (χ1v) is 8.91. The standard InChI is InChI=1S/C19H14ClF2NO2S/c1-11-2-3-13(20)7-16(11)23-19(24)18-6-12(10-26-18)9-25-17-5-4-14(21)8-15(17)22/h2-8,10H,9H2,1H3,(H,23,24). The molecule has 1 aromatic heterocycles. The monoisotopic (exact) mass is 393 g/mol. The van der Waals surface area contributed by atoms with Crippen molar-refractivity contribution in [1.82, 2.24) is 0 Å². The van der Waals surface area contributed by atoms with E-state index in [2.05, 4.69) is 5.32 Å². The third-order valence-electron chi connectivity index (χ3n) is 3.61. The number of halogens is 3. The van der Waals surface area contributed by atoms with E-state index >= 15 is 0 Å². The largest absolute Gasteiger partial charge is 0.486 e. The fourth-order valence-corrected chi connectivity index (χ4v) is 3.20. The molecule has 0 aliphatic heterocycles. The molecule has 3 aromatic rings. The summed E-state index contributed by atoms with van der Waals surface area (Å²) in [5, 5.41) is 5.10. The number of ether oxygens (including phenoxy) is 1. The van der Waals surface area contributed by atoms with Crippen LogP contribution in [0.25, 0.3) is 0 Å². The van der Waals surface area contributed by atoms with Crippen LogP contribution in [-0.2, 0) is 6.61 Å². The van der Waals surface area contributed by atoms with Gasteiger partial charge in [-0.3, -0.25) is 4.79 Å². The number of hydrogen-bond donors (Lipinski definition) is 1. The molecule has 7 heteroatoms. The van der Waals surface area contributed by atoms with Gasteiger partial charge in [0.05, 0.1) is 4.88 Å². The maximum Gasteiger partial charge on any atom is 0.265 e. The minimum Gasteiger partial charge on any atom is -0.486 e. The lowest BCUT2D eigenvalue weighted by molar-refractivity contribution is 0.103. The van der Waals surface area contributed by atoms with E-state index in [1.54, 1.807) is 23.6 Å². The van der Waals surface area contributed by atoms with Gasteiger partial charge in [0.1, 0.15) is 12.4 Å². The fourth-order valence-electron chi connectivity index (χ4n) is 2.24. The predicted octanol–water partition coefficient (Wildman–Crippen LogP) is 5.82. The predicted molar refractivity (Wildman–Crippen MR) is 99.2 cm³/mol. The SMILES string of the molecule is Cc1ccc(Cl)cc1NC(=O)c1cc(COc2ccc(F)cc2F)cs1. The van der Waals surface area contributed by atoms with E-state index in [0.717, 1.165) is 17.7 Å². The van der Waals surface area contributed by atoms with E-state index in [-0.39, 0.29) is 18.3 Å². The molecule has 0 radical (unpaired) electrons. The molecule has 0 bridgehead atoms. The number of aryl methyl sites for hydroxylation is 1. The Morgan fingerprint density at radius 3 is 2.77 bits per heavy atom. The second kappa shape index (κ2) is 7.85. The number of thiophene rings is 1. The smallest absolute Gasteiger partial charge is 0.265 e. The third-order valence-corrected chi connectivity index (χ3v) is 4.83. The molecule has 0 saturated heterocycles. The number of amides is 1. The summed E-state index contributed by atoms with van der Waals surface area (Å²) < 4.78 is 31.8. The van der Waals surface area contributed by atoms with Gasteiger partial charge in [0, 0.05) is 22.3 Å². The Hall–Kier alpha value is -2.44. The van der Waals surface area contributed by atoms with Crippen LogP contribution in [0.1, 0.15) is 20.8 Å². The first-order valence-electron chi connectivity index (χ1n) is 7.65. The normalized spacial score (nSPS) is 10.6. The summed E-state index contributed by atoms with van der Waals surface area (Å²) in [6, 6.07) is 10.0. The van der Waals surface area contributed by atoms with Gasteiger partial charge in [-0.1, -0.05) is 17.7 Å². The van der Waals surface area contributed by atoms with Crippen LogP contribution in [0.15, 0.2) is 47.8 Å². The Bertz CT molecular complexity index is 958. The summed E-state index contributed by atoms with van der Waals surface area (Å²) in [7, 11) is 0. The molecule has 0 atom stereocenters. The molecule has 1 N–H and O–H groups in total. The van der Waals surface area contributed by atoms with Crippen molar-refractivity contribution in [3.05, 3.63) is 80.5 Å². The van der Waals surface area contributed by atoms with E-state index < -0.39 is 11.6 Å². The number of nitrogens with one attached hydrogen (secondary N) is 1. The average Bonchev–Trinajstić information content (AvgIpc) is 3.06. The van der Waals surface area contributed by atoms with E-state index in [4.69, 9.17) is 16.3 Å². The van der Waals surface area contributed by atoms with Gasteiger partial charge in [-0.25, -0.2) is 8.78 Å². The first kappa shape index (κ1) is 18.4. The summed E-state index contributed by atoms with van der Waals surface area (Å²) in [5.74, 6) is -1.74. The second-order valence-corrected chi connectivity index (χ2v) is 6.94. The van der Waals surface area contributed by atoms with E-state index in [1.165, 1.54) is 17.4 Å². The second-order valence-electron chi connectivity index (χ2n) is 5.60. The van der Waals surface area contributed by atoms with Crippen molar-refractivity contribution in [1.29, 1.82) is 0 Å². The zero-order valence-electron chi connectivity index (χ0n) is 13.7. The van der Waals surface area contributed by atoms with Gasteiger partial charge in [-0.05, 0) is 48.2 Å². The third kappa shape index (κ3) is 4.39. The fraction of sp³-hybridized carbons (Fsp3) is 0.105. The van der Waals surface area contributed by atoms with Crippen molar-refractivity contribution in [3.8, 4) is 5.75 Å². The van der Waals surface area contributed by atoms with Crippen LogP contribution in [0.5, 0.6) is 5.75 Å². The molecule has 1 amide bonds. The van der Waals surface area contributed by atoms with Gasteiger partial charge in [-0.15, -0.1) is 11.3 Å². The first-order chi connectivity index (χ1) is 12.4. The number of carbonyl (C=O) groups excluding carboxylic acids is 1. The number of carbonyl (C=O) groups is 1. The molecule has 3 rings (SSSR count). The summed E-state index contributed by atoms with van der Waals surface area (Å²) >= 11 is 7.20. The summed E-state index contributed by atoms with van der Waals surface area (Å²) in [6.45, 7) is 1.94. The Kier molecular flexibility index (Phi) is 5.54. The number of benzene rings is 2.